The highest BCUT2D eigenvalue weighted by Crippen LogP contribution is 2.27. The Morgan fingerprint density at radius 3 is 1.85 bits per heavy atom. The van der Waals surface area contributed by atoms with Gasteiger partial charge >= 0.3 is 5.97 Å². The molecule has 0 saturated carbocycles. The van der Waals surface area contributed by atoms with Crippen LogP contribution >= 0.6 is 0 Å². The van der Waals surface area contributed by atoms with Crippen LogP contribution in [0, 0.1) is 0 Å². The van der Waals surface area contributed by atoms with Gasteiger partial charge in [0.2, 0.25) is 0 Å². The lowest BCUT2D eigenvalue weighted by Crippen LogP contribution is -2.28. The van der Waals surface area contributed by atoms with E-state index in [0.29, 0.717) is 6.42 Å². The summed E-state index contributed by atoms with van der Waals surface area (Å²) < 4.78 is 0. The van der Waals surface area contributed by atoms with Gasteiger partial charge in [-0.15, -0.1) is 5.06 Å². The lowest BCUT2D eigenvalue weighted by molar-refractivity contribution is -0.191. The third kappa shape index (κ3) is 3.45. The topological polar surface area (TPSA) is 29.5 Å². The Labute approximate surface area is 119 Å². The van der Waals surface area contributed by atoms with Crippen molar-refractivity contribution < 1.29 is 9.63 Å². The van der Waals surface area contributed by atoms with Crippen molar-refractivity contribution in [3.05, 3.63) is 71.8 Å². The monoisotopic (exact) mass is 269 g/mol. The first-order valence-electron chi connectivity index (χ1n) is 6.76. The maximum absolute atomic E-state index is 11.5. The Morgan fingerprint density at radius 2 is 1.45 bits per heavy atom. The summed E-state index contributed by atoms with van der Waals surface area (Å²) in [6.07, 6.45) is 0.362. The Balaban J connectivity index is 2.32. The fourth-order valence-electron chi connectivity index (χ4n) is 2.16. The van der Waals surface area contributed by atoms with Crippen LogP contribution in [0.2, 0.25) is 0 Å². The molecule has 0 unspecified atom stereocenters. The zero-order valence-corrected chi connectivity index (χ0v) is 11.8. The van der Waals surface area contributed by atoms with E-state index < -0.39 is 0 Å². The molecular weight excluding hydrogens is 250 g/mol. The zero-order chi connectivity index (χ0) is 14.4. The van der Waals surface area contributed by atoms with Crippen molar-refractivity contribution in [1.29, 1.82) is 0 Å². The average Bonchev–Trinajstić information content (AvgIpc) is 2.49. The summed E-state index contributed by atoms with van der Waals surface area (Å²) in [6.45, 7) is 1.79. The molecule has 3 heteroatoms. The highest BCUT2D eigenvalue weighted by molar-refractivity contribution is 5.68. The van der Waals surface area contributed by atoms with Crippen LogP contribution in [0.1, 0.15) is 30.5 Å². The summed E-state index contributed by atoms with van der Waals surface area (Å²) in [4.78, 5) is 16.9. The molecule has 0 aliphatic heterocycles. The van der Waals surface area contributed by atoms with E-state index in [1.807, 2.05) is 60.7 Å². The molecule has 0 fully saturated rings. The third-order valence-electron chi connectivity index (χ3n) is 3.13. The standard InChI is InChI=1S/C17H19NO2/c1-3-16(19)20-18(2)17(14-10-6-4-7-11-14)15-12-8-5-9-13-15/h4-13,17H,3H2,1-2H3. The Morgan fingerprint density at radius 1 is 1.00 bits per heavy atom. The quantitative estimate of drug-likeness (QED) is 0.777. The second-order valence-corrected chi connectivity index (χ2v) is 4.59. The molecule has 0 N–H and O–H groups in total. The number of carbonyl (C=O) groups is 1. The fraction of sp³-hybridized carbons (Fsp3) is 0.235. The van der Waals surface area contributed by atoms with Gasteiger partial charge < -0.3 is 4.84 Å². The first-order valence-corrected chi connectivity index (χ1v) is 6.76. The van der Waals surface area contributed by atoms with Crippen molar-refractivity contribution >= 4 is 5.97 Å². The zero-order valence-electron chi connectivity index (χ0n) is 11.8. The summed E-state index contributed by atoms with van der Waals surface area (Å²) in [6, 6.07) is 19.9. The summed E-state index contributed by atoms with van der Waals surface area (Å²) >= 11 is 0. The molecule has 0 radical (unpaired) electrons. The van der Waals surface area contributed by atoms with Crippen molar-refractivity contribution in [2.75, 3.05) is 7.05 Å². The number of carbonyl (C=O) groups excluding carboxylic acids is 1. The van der Waals surface area contributed by atoms with Crippen molar-refractivity contribution in [3.8, 4) is 0 Å². The normalized spacial score (nSPS) is 10.8. The SMILES string of the molecule is CCC(=O)ON(C)C(c1ccccc1)c1ccccc1. The molecule has 0 aliphatic carbocycles. The van der Waals surface area contributed by atoms with Gasteiger partial charge in [-0.3, -0.25) is 4.79 Å². The van der Waals surface area contributed by atoms with E-state index in [1.165, 1.54) is 0 Å². The van der Waals surface area contributed by atoms with Crippen molar-refractivity contribution in [1.82, 2.24) is 5.06 Å². The van der Waals surface area contributed by atoms with E-state index in [0.717, 1.165) is 11.1 Å². The summed E-state index contributed by atoms with van der Waals surface area (Å²) in [5.74, 6) is -0.232. The predicted molar refractivity (Wildman–Crippen MR) is 78.9 cm³/mol. The fourth-order valence-corrected chi connectivity index (χ4v) is 2.16. The number of rotatable bonds is 5. The van der Waals surface area contributed by atoms with Crippen LogP contribution in [0.4, 0.5) is 0 Å². The maximum atomic E-state index is 11.5. The van der Waals surface area contributed by atoms with E-state index >= 15 is 0 Å². The highest BCUT2D eigenvalue weighted by atomic mass is 16.7. The minimum atomic E-state index is -0.232. The van der Waals surface area contributed by atoms with E-state index in [-0.39, 0.29) is 12.0 Å². The van der Waals surface area contributed by atoms with Crippen molar-refractivity contribution in [2.24, 2.45) is 0 Å². The largest absolute Gasteiger partial charge is 0.367 e. The number of hydrogen-bond donors (Lipinski definition) is 0. The summed E-state index contributed by atoms with van der Waals surface area (Å²) in [5, 5.41) is 1.62. The molecule has 0 amide bonds. The van der Waals surface area contributed by atoms with Gasteiger partial charge in [-0.1, -0.05) is 67.6 Å². The minimum absolute atomic E-state index is 0.104. The molecule has 2 aromatic rings. The molecule has 3 nitrogen and oxygen atoms in total. The molecule has 0 saturated heterocycles. The van der Waals surface area contributed by atoms with Gasteiger partial charge in [-0.2, -0.15) is 0 Å². The van der Waals surface area contributed by atoms with Gasteiger partial charge in [0.15, 0.2) is 0 Å². The molecule has 0 spiro atoms. The van der Waals surface area contributed by atoms with Crippen molar-refractivity contribution in [2.45, 2.75) is 19.4 Å². The molecule has 0 bridgehead atoms. The van der Waals surface area contributed by atoms with E-state index in [9.17, 15) is 4.79 Å². The number of benzene rings is 2. The molecule has 2 rings (SSSR count). The van der Waals surface area contributed by atoms with Gasteiger partial charge in [0.05, 0.1) is 6.04 Å². The van der Waals surface area contributed by atoms with E-state index in [4.69, 9.17) is 4.84 Å². The van der Waals surface area contributed by atoms with Crippen LogP contribution in [-0.4, -0.2) is 18.1 Å². The van der Waals surface area contributed by atoms with Gasteiger partial charge in [-0.05, 0) is 11.1 Å². The first-order chi connectivity index (χ1) is 9.72. The lowest BCUT2D eigenvalue weighted by Gasteiger charge is -2.27. The Hall–Kier alpha value is -2.13. The van der Waals surface area contributed by atoms with Gasteiger partial charge in [-0.25, -0.2) is 0 Å². The Kier molecular flexibility index (Phi) is 4.91. The molecular formula is C17H19NO2. The Bertz CT molecular complexity index is 500. The molecule has 104 valence electrons. The van der Waals surface area contributed by atoms with Crippen LogP contribution in [0.25, 0.3) is 0 Å². The number of hydrogen-bond acceptors (Lipinski definition) is 3. The predicted octanol–water partition coefficient (Wildman–Crippen LogP) is 3.58. The second-order valence-electron chi connectivity index (χ2n) is 4.59. The first kappa shape index (κ1) is 14.3. The third-order valence-corrected chi connectivity index (χ3v) is 3.13. The van der Waals surface area contributed by atoms with E-state index in [2.05, 4.69) is 0 Å². The molecule has 0 atom stereocenters. The minimum Gasteiger partial charge on any atom is -0.367 e. The van der Waals surface area contributed by atoms with Crippen LogP contribution in [-0.2, 0) is 9.63 Å². The molecule has 0 heterocycles. The maximum Gasteiger partial charge on any atom is 0.324 e. The van der Waals surface area contributed by atoms with Crippen LogP contribution in [0.5, 0.6) is 0 Å². The van der Waals surface area contributed by atoms with Crippen LogP contribution < -0.4 is 0 Å². The molecule has 2 aromatic carbocycles. The lowest BCUT2D eigenvalue weighted by atomic mass is 9.99. The van der Waals surface area contributed by atoms with Crippen LogP contribution in [0.15, 0.2) is 60.7 Å². The van der Waals surface area contributed by atoms with Crippen LogP contribution in [0.3, 0.4) is 0 Å². The number of hydroxylamine groups is 2. The second kappa shape index (κ2) is 6.87. The van der Waals surface area contributed by atoms with Crippen molar-refractivity contribution in [3.63, 3.8) is 0 Å². The molecule has 0 aliphatic rings. The highest BCUT2D eigenvalue weighted by Gasteiger charge is 2.21. The summed E-state index contributed by atoms with van der Waals surface area (Å²) in [5.41, 5.74) is 2.18. The van der Waals surface area contributed by atoms with Gasteiger partial charge in [0.25, 0.3) is 0 Å². The molecule has 20 heavy (non-hydrogen) atoms. The smallest absolute Gasteiger partial charge is 0.324 e. The summed E-state index contributed by atoms with van der Waals surface area (Å²) in [7, 11) is 1.79. The van der Waals surface area contributed by atoms with E-state index in [1.54, 1.807) is 19.0 Å². The number of nitrogens with zero attached hydrogens (tertiary/aromatic N) is 1. The molecule has 0 aromatic heterocycles. The van der Waals surface area contributed by atoms with Gasteiger partial charge in [0, 0.05) is 13.5 Å². The average molecular weight is 269 g/mol. The van der Waals surface area contributed by atoms with Gasteiger partial charge in [0.1, 0.15) is 0 Å².